The maximum Gasteiger partial charge on any atom is 0.338 e. The number of aromatic nitrogens is 1. The third-order valence-electron chi connectivity index (χ3n) is 6.64. The highest BCUT2D eigenvalue weighted by Crippen LogP contribution is 2.36. The van der Waals surface area contributed by atoms with Crippen LogP contribution in [0.15, 0.2) is 75.7 Å². The van der Waals surface area contributed by atoms with E-state index in [1.54, 1.807) is 69.5 Å². The number of fused-ring (bicyclic) bond motifs is 1. The first-order valence-electron chi connectivity index (χ1n) is 13.0. The van der Waals surface area contributed by atoms with E-state index in [0.29, 0.717) is 52.7 Å². The lowest BCUT2D eigenvalue weighted by Gasteiger charge is -2.24. The van der Waals surface area contributed by atoms with Crippen LogP contribution in [0, 0.1) is 3.57 Å². The highest BCUT2D eigenvalue weighted by Gasteiger charge is 2.33. The highest BCUT2D eigenvalue weighted by molar-refractivity contribution is 14.1. The number of thiazole rings is 1. The summed E-state index contributed by atoms with van der Waals surface area (Å²) in [5.41, 5.74) is 2.73. The standard InChI is InChI=1S/C31H24Cl3IN2O5S/c1-4-41-30(39)26-16(2)36-31-37(27(26)18-5-8-20(32)9-6-18)29(38)25(43-31)13-17-11-23(35)28(24(12-17)40-3)42-15-19-7-10-21(33)14-22(19)34/h5-14,27H,4,15H2,1-3H3/t27-/m1/s1. The molecule has 0 spiro atoms. The second-order valence-electron chi connectivity index (χ2n) is 9.41. The Hall–Kier alpha value is -2.83. The van der Waals surface area contributed by atoms with Gasteiger partial charge >= 0.3 is 5.97 Å². The van der Waals surface area contributed by atoms with Crippen molar-refractivity contribution in [2.24, 2.45) is 4.99 Å². The predicted octanol–water partition coefficient (Wildman–Crippen LogP) is 6.95. The molecule has 222 valence electrons. The van der Waals surface area contributed by atoms with Crippen molar-refractivity contribution < 1.29 is 19.0 Å². The summed E-state index contributed by atoms with van der Waals surface area (Å²) in [6, 6.07) is 15.2. The predicted molar refractivity (Wildman–Crippen MR) is 178 cm³/mol. The van der Waals surface area contributed by atoms with Gasteiger partial charge in [-0.1, -0.05) is 64.3 Å². The minimum absolute atomic E-state index is 0.195. The van der Waals surface area contributed by atoms with Gasteiger partial charge in [0.15, 0.2) is 16.3 Å². The molecule has 1 aliphatic rings. The molecular weight excluding hydrogens is 746 g/mol. The Balaban J connectivity index is 1.56. The van der Waals surface area contributed by atoms with Crippen molar-refractivity contribution >= 4 is 80.8 Å². The molecule has 0 bridgehead atoms. The van der Waals surface area contributed by atoms with Crippen LogP contribution in [-0.2, 0) is 16.1 Å². The first-order chi connectivity index (χ1) is 20.6. The fraction of sp³-hybridized carbons (Fsp3) is 0.194. The lowest BCUT2D eigenvalue weighted by molar-refractivity contribution is -0.139. The molecular formula is C31H24Cl3IN2O5S. The number of carbonyl (C=O) groups is 1. The summed E-state index contributed by atoms with van der Waals surface area (Å²) in [5, 5.41) is 1.59. The van der Waals surface area contributed by atoms with Gasteiger partial charge in [-0.05, 0) is 90.0 Å². The minimum Gasteiger partial charge on any atom is -0.493 e. The van der Waals surface area contributed by atoms with E-state index >= 15 is 0 Å². The van der Waals surface area contributed by atoms with E-state index in [-0.39, 0.29) is 18.8 Å². The van der Waals surface area contributed by atoms with Crippen molar-refractivity contribution in [1.82, 2.24) is 4.57 Å². The first kappa shape index (κ1) is 31.6. The normalized spacial score (nSPS) is 14.8. The van der Waals surface area contributed by atoms with Crippen molar-refractivity contribution in [2.45, 2.75) is 26.5 Å². The Labute approximate surface area is 280 Å². The third-order valence-corrected chi connectivity index (χ3v) is 9.26. The number of nitrogens with zero attached hydrogens (tertiary/aromatic N) is 2. The number of rotatable bonds is 8. The molecule has 3 aromatic carbocycles. The molecule has 0 saturated carbocycles. The number of allylic oxidation sites excluding steroid dienone is 1. The second-order valence-corrected chi connectivity index (χ2v) is 12.9. The highest BCUT2D eigenvalue weighted by atomic mass is 127. The van der Waals surface area contributed by atoms with Gasteiger partial charge in [0.2, 0.25) is 0 Å². The summed E-state index contributed by atoms with van der Waals surface area (Å²) in [7, 11) is 1.55. The maximum absolute atomic E-state index is 13.9. The SMILES string of the molecule is CCOC(=O)C1=C(C)N=c2sc(=Cc3cc(I)c(OCc4ccc(Cl)cc4Cl)c(OC)c3)c(=O)n2[C@@H]1c1ccc(Cl)cc1. The molecule has 0 aliphatic carbocycles. The van der Waals surface area contributed by atoms with Crippen LogP contribution in [0.3, 0.4) is 0 Å². The van der Waals surface area contributed by atoms with Crippen LogP contribution in [0.5, 0.6) is 11.5 Å². The van der Waals surface area contributed by atoms with Crippen molar-refractivity contribution in [1.29, 1.82) is 0 Å². The summed E-state index contributed by atoms with van der Waals surface area (Å²) in [5.74, 6) is 0.522. The van der Waals surface area contributed by atoms with E-state index in [1.807, 2.05) is 12.1 Å². The number of halogens is 4. The van der Waals surface area contributed by atoms with Gasteiger partial charge in [0.05, 0.1) is 39.1 Å². The van der Waals surface area contributed by atoms with Gasteiger partial charge in [-0.15, -0.1) is 0 Å². The fourth-order valence-electron chi connectivity index (χ4n) is 4.66. The quantitative estimate of drug-likeness (QED) is 0.143. The van der Waals surface area contributed by atoms with Crippen LogP contribution in [-0.4, -0.2) is 24.3 Å². The van der Waals surface area contributed by atoms with E-state index in [4.69, 9.17) is 49.0 Å². The molecule has 7 nitrogen and oxygen atoms in total. The molecule has 0 radical (unpaired) electrons. The summed E-state index contributed by atoms with van der Waals surface area (Å²) in [4.78, 5) is 32.1. The number of methoxy groups -OCH3 is 1. The number of hydrogen-bond donors (Lipinski definition) is 0. The number of carbonyl (C=O) groups excluding carboxylic acids is 1. The van der Waals surface area contributed by atoms with Crippen LogP contribution in [0.1, 0.15) is 36.6 Å². The Morgan fingerprint density at radius 3 is 2.49 bits per heavy atom. The van der Waals surface area contributed by atoms with Gasteiger partial charge in [0.1, 0.15) is 6.61 Å². The monoisotopic (exact) mass is 768 g/mol. The van der Waals surface area contributed by atoms with Crippen molar-refractivity contribution in [3.8, 4) is 11.5 Å². The van der Waals surface area contributed by atoms with E-state index in [1.165, 1.54) is 15.9 Å². The molecule has 2 heterocycles. The minimum atomic E-state index is -0.722. The molecule has 1 aromatic heterocycles. The van der Waals surface area contributed by atoms with Crippen molar-refractivity contribution in [3.63, 3.8) is 0 Å². The Kier molecular flexibility index (Phi) is 9.87. The van der Waals surface area contributed by atoms with E-state index in [9.17, 15) is 9.59 Å². The molecule has 0 fully saturated rings. The largest absolute Gasteiger partial charge is 0.493 e. The second kappa shape index (κ2) is 13.4. The molecule has 0 saturated heterocycles. The van der Waals surface area contributed by atoms with Crippen molar-refractivity contribution in [3.05, 3.63) is 121 Å². The van der Waals surface area contributed by atoms with Gasteiger partial charge in [0.25, 0.3) is 5.56 Å². The Bertz CT molecular complexity index is 1940. The fourth-order valence-corrected chi connectivity index (χ4v) is 7.07. The summed E-state index contributed by atoms with van der Waals surface area (Å²) >= 11 is 21.9. The molecule has 0 unspecified atom stereocenters. The number of ether oxygens (including phenoxy) is 3. The number of esters is 1. The summed E-state index contributed by atoms with van der Waals surface area (Å²) < 4.78 is 19.8. The molecule has 0 amide bonds. The topological polar surface area (TPSA) is 79.1 Å². The number of hydrogen-bond acceptors (Lipinski definition) is 7. The Morgan fingerprint density at radius 1 is 1.09 bits per heavy atom. The first-order valence-corrected chi connectivity index (χ1v) is 16.0. The molecule has 1 atom stereocenters. The van der Waals surface area contributed by atoms with Gasteiger partial charge < -0.3 is 14.2 Å². The molecule has 1 aliphatic heterocycles. The van der Waals surface area contributed by atoms with Crippen molar-refractivity contribution in [2.75, 3.05) is 13.7 Å². The average molecular weight is 770 g/mol. The Morgan fingerprint density at radius 2 is 1.81 bits per heavy atom. The maximum atomic E-state index is 13.9. The van der Waals surface area contributed by atoms with E-state index in [0.717, 1.165) is 14.7 Å². The van der Waals surface area contributed by atoms with E-state index in [2.05, 4.69) is 27.6 Å². The zero-order valence-electron chi connectivity index (χ0n) is 23.1. The molecule has 5 rings (SSSR count). The van der Waals surface area contributed by atoms with Crippen LogP contribution < -0.4 is 24.4 Å². The number of benzene rings is 3. The van der Waals surface area contributed by atoms with Gasteiger partial charge in [-0.3, -0.25) is 9.36 Å². The zero-order valence-corrected chi connectivity index (χ0v) is 28.4. The molecule has 43 heavy (non-hydrogen) atoms. The van der Waals surface area contributed by atoms with Gasteiger partial charge in [-0.25, -0.2) is 9.79 Å². The lowest BCUT2D eigenvalue weighted by Crippen LogP contribution is -2.39. The van der Waals surface area contributed by atoms with Crippen LogP contribution >= 0.6 is 68.7 Å². The molecule has 4 aromatic rings. The van der Waals surface area contributed by atoms with Gasteiger partial charge in [-0.2, -0.15) is 0 Å². The summed E-state index contributed by atoms with van der Waals surface area (Å²) in [6.07, 6.45) is 1.77. The van der Waals surface area contributed by atoms with Crippen LogP contribution in [0.2, 0.25) is 15.1 Å². The van der Waals surface area contributed by atoms with Gasteiger partial charge in [0, 0.05) is 20.6 Å². The molecule has 12 heteroatoms. The summed E-state index contributed by atoms with van der Waals surface area (Å²) in [6.45, 7) is 3.89. The smallest absolute Gasteiger partial charge is 0.338 e. The average Bonchev–Trinajstić information content (AvgIpc) is 3.26. The zero-order chi connectivity index (χ0) is 30.8. The third kappa shape index (κ3) is 6.66. The molecule has 0 N–H and O–H groups in total. The van der Waals surface area contributed by atoms with Crippen LogP contribution in [0.4, 0.5) is 0 Å². The van der Waals surface area contributed by atoms with E-state index < -0.39 is 12.0 Å². The lowest BCUT2D eigenvalue weighted by atomic mass is 9.96. The van der Waals surface area contributed by atoms with Crippen LogP contribution in [0.25, 0.3) is 6.08 Å².